The molecule has 8 heteroatoms. The van der Waals surface area contributed by atoms with Gasteiger partial charge in [-0.2, -0.15) is 0 Å². The van der Waals surface area contributed by atoms with Crippen LogP contribution in [0, 0.1) is 27.7 Å². The summed E-state index contributed by atoms with van der Waals surface area (Å²) in [5, 5.41) is 2.76. The van der Waals surface area contributed by atoms with Crippen molar-refractivity contribution in [3.63, 3.8) is 0 Å². The van der Waals surface area contributed by atoms with Crippen molar-refractivity contribution in [2.75, 3.05) is 26.0 Å². The van der Waals surface area contributed by atoms with E-state index in [-0.39, 0.29) is 10.5 Å². The molecule has 0 heterocycles. The van der Waals surface area contributed by atoms with E-state index in [1.165, 1.54) is 32.3 Å². The third-order valence-corrected chi connectivity index (χ3v) is 6.29. The van der Waals surface area contributed by atoms with E-state index in [1.807, 2.05) is 32.9 Å². The highest BCUT2D eigenvalue weighted by atomic mass is 32.2. The van der Waals surface area contributed by atoms with Crippen LogP contribution in [-0.2, 0) is 19.6 Å². The van der Waals surface area contributed by atoms with Crippen molar-refractivity contribution in [2.24, 2.45) is 0 Å². The number of carbonyl (C=O) groups excluding carboxylic acids is 2. The number of amides is 1. The van der Waals surface area contributed by atoms with E-state index >= 15 is 0 Å². The average molecular weight is 419 g/mol. The van der Waals surface area contributed by atoms with Crippen LogP contribution in [0.25, 0.3) is 0 Å². The van der Waals surface area contributed by atoms with Gasteiger partial charge in [-0.3, -0.25) is 4.79 Å². The second kappa shape index (κ2) is 8.75. The number of rotatable bonds is 6. The number of benzene rings is 2. The maximum atomic E-state index is 12.4. The van der Waals surface area contributed by atoms with Gasteiger partial charge in [-0.05, 0) is 56.5 Å². The van der Waals surface area contributed by atoms with E-state index in [0.29, 0.717) is 11.3 Å². The molecule has 1 amide bonds. The third-order valence-electron chi connectivity index (χ3n) is 4.48. The number of nitrogens with one attached hydrogen (secondary N) is 1. The van der Waals surface area contributed by atoms with Crippen LogP contribution in [0.4, 0.5) is 5.69 Å². The topological polar surface area (TPSA) is 92.8 Å². The summed E-state index contributed by atoms with van der Waals surface area (Å²) in [5.41, 5.74) is 4.26. The molecule has 0 spiro atoms. The molecule has 0 saturated heterocycles. The molecule has 0 atom stereocenters. The monoisotopic (exact) mass is 418 g/mol. The maximum absolute atomic E-state index is 12.4. The zero-order valence-electron chi connectivity index (χ0n) is 17.5. The molecule has 2 aromatic carbocycles. The zero-order chi connectivity index (χ0) is 21.9. The molecule has 0 bridgehead atoms. The van der Waals surface area contributed by atoms with E-state index in [4.69, 9.17) is 4.74 Å². The van der Waals surface area contributed by atoms with Gasteiger partial charge in [0, 0.05) is 19.8 Å². The summed E-state index contributed by atoms with van der Waals surface area (Å²) in [5.74, 6) is -1.23. The number of ether oxygens (including phenoxy) is 1. The molecule has 7 nitrogen and oxygen atoms in total. The van der Waals surface area contributed by atoms with Crippen LogP contribution in [-0.4, -0.2) is 45.3 Å². The van der Waals surface area contributed by atoms with E-state index < -0.39 is 28.5 Å². The minimum absolute atomic E-state index is 0.0181. The standard InChI is InChI=1S/C21H26N2O5S/c1-13-9-15(3)20(16(4)10-13)22-19(24)12-28-21(25)18-11-17(8-7-14(18)2)29(26,27)23(5)6/h7-11H,12H2,1-6H3,(H,22,24). The summed E-state index contributed by atoms with van der Waals surface area (Å²) in [4.78, 5) is 24.7. The second-order valence-corrected chi connectivity index (χ2v) is 9.31. The lowest BCUT2D eigenvalue weighted by atomic mass is 10.1. The van der Waals surface area contributed by atoms with Crippen LogP contribution in [0.1, 0.15) is 32.6 Å². The Hall–Kier alpha value is -2.71. The molecular formula is C21H26N2O5S. The summed E-state index contributed by atoms with van der Waals surface area (Å²) in [6, 6.07) is 8.13. The lowest BCUT2D eigenvalue weighted by molar-refractivity contribution is -0.119. The van der Waals surface area contributed by atoms with E-state index in [0.717, 1.165) is 21.0 Å². The number of aryl methyl sites for hydroxylation is 4. The van der Waals surface area contributed by atoms with Crippen molar-refractivity contribution >= 4 is 27.6 Å². The highest BCUT2D eigenvalue weighted by Crippen LogP contribution is 2.22. The Balaban J connectivity index is 2.12. The SMILES string of the molecule is Cc1cc(C)c(NC(=O)COC(=O)c2cc(S(=O)(=O)N(C)C)ccc2C)c(C)c1. The number of anilines is 1. The molecule has 0 aliphatic heterocycles. The highest BCUT2D eigenvalue weighted by Gasteiger charge is 2.21. The van der Waals surface area contributed by atoms with Crippen molar-refractivity contribution in [2.45, 2.75) is 32.6 Å². The quantitative estimate of drug-likeness (QED) is 0.728. The van der Waals surface area contributed by atoms with Crippen LogP contribution in [0.5, 0.6) is 0 Å². The Morgan fingerprint density at radius 1 is 0.966 bits per heavy atom. The Labute approximate surface area is 171 Å². The molecular weight excluding hydrogens is 392 g/mol. The fourth-order valence-corrected chi connectivity index (χ4v) is 3.88. The molecule has 156 valence electrons. The fourth-order valence-electron chi connectivity index (χ4n) is 2.95. The molecule has 29 heavy (non-hydrogen) atoms. The first-order valence-electron chi connectivity index (χ1n) is 9.01. The van der Waals surface area contributed by atoms with Crippen LogP contribution in [0.2, 0.25) is 0 Å². The molecule has 2 aromatic rings. The molecule has 0 radical (unpaired) electrons. The lowest BCUT2D eigenvalue weighted by Gasteiger charge is -2.14. The maximum Gasteiger partial charge on any atom is 0.338 e. The Morgan fingerprint density at radius 2 is 1.55 bits per heavy atom. The Bertz CT molecular complexity index is 1040. The summed E-state index contributed by atoms with van der Waals surface area (Å²) in [6.45, 7) is 6.95. The second-order valence-electron chi connectivity index (χ2n) is 7.16. The largest absolute Gasteiger partial charge is 0.452 e. The molecule has 0 aromatic heterocycles. The number of carbonyl (C=O) groups is 2. The molecule has 0 unspecified atom stereocenters. The van der Waals surface area contributed by atoms with Crippen molar-refractivity contribution in [3.05, 3.63) is 58.1 Å². The van der Waals surface area contributed by atoms with E-state index in [1.54, 1.807) is 6.92 Å². The number of nitrogens with zero attached hydrogens (tertiary/aromatic N) is 1. The normalized spacial score (nSPS) is 11.4. The highest BCUT2D eigenvalue weighted by molar-refractivity contribution is 7.89. The van der Waals surface area contributed by atoms with Gasteiger partial charge in [0.2, 0.25) is 10.0 Å². The fraction of sp³-hybridized carbons (Fsp3) is 0.333. The summed E-state index contributed by atoms with van der Waals surface area (Å²) < 4.78 is 30.7. The van der Waals surface area contributed by atoms with Crippen LogP contribution in [0.3, 0.4) is 0 Å². The van der Waals surface area contributed by atoms with Crippen molar-refractivity contribution < 1.29 is 22.7 Å². The van der Waals surface area contributed by atoms with Gasteiger partial charge in [0.15, 0.2) is 6.61 Å². The van der Waals surface area contributed by atoms with Crippen LogP contribution in [0.15, 0.2) is 35.2 Å². The van der Waals surface area contributed by atoms with Gasteiger partial charge in [0.05, 0.1) is 10.5 Å². The molecule has 0 fully saturated rings. The number of hydrogen-bond donors (Lipinski definition) is 1. The summed E-state index contributed by atoms with van der Waals surface area (Å²) in [6.07, 6.45) is 0. The Morgan fingerprint density at radius 3 is 2.10 bits per heavy atom. The number of sulfonamides is 1. The zero-order valence-corrected chi connectivity index (χ0v) is 18.3. The van der Waals surface area contributed by atoms with Crippen LogP contribution < -0.4 is 5.32 Å². The molecule has 0 saturated carbocycles. The van der Waals surface area contributed by atoms with Gasteiger partial charge >= 0.3 is 5.97 Å². The van der Waals surface area contributed by atoms with Gasteiger partial charge < -0.3 is 10.1 Å². The molecule has 0 aliphatic rings. The molecule has 2 rings (SSSR count). The number of esters is 1. The molecule has 1 N–H and O–H groups in total. The third kappa shape index (κ3) is 5.21. The van der Waals surface area contributed by atoms with Crippen molar-refractivity contribution in [3.8, 4) is 0 Å². The summed E-state index contributed by atoms with van der Waals surface area (Å²) in [7, 11) is -0.870. The predicted octanol–water partition coefficient (Wildman–Crippen LogP) is 2.97. The Kier molecular flexibility index (Phi) is 6.81. The first-order valence-corrected chi connectivity index (χ1v) is 10.5. The smallest absolute Gasteiger partial charge is 0.338 e. The van der Waals surface area contributed by atoms with E-state index in [2.05, 4.69) is 5.32 Å². The van der Waals surface area contributed by atoms with Gasteiger partial charge in [-0.1, -0.05) is 23.8 Å². The van der Waals surface area contributed by atoms with Gasteiger partial charge in [-0.25, -0.2) is 17.5 Å². The van der Waals surface area contributed by atoms with Crippen LogP contribution >= 0.6 is 0 Å². The minimum Gasteiger partial charge on any atom is -0.452 e. The van der Waals surface area contributed by atoms with E-state index in [9.17, 15) is 18.0 Å². The van der Waals surface area contributed by atoms with Gasteiger partial charge in [0.25, 0.3) is 5.91 Å². The van der Waals surface area contributed by atoms with Gasteiger partial charge in [0.1, 0.15) is 0 Å². The first-order chi connectivity index (χ1) is 13.4. The number of hydrogen-bond acceptors (Lipinski definition) is 5. The lowest BCUT2D eigenvalue weighted by Crippen LogP contribution is -2.24. The first kappa shape index (κ1) is 22.6. The van der Waals surface area contributed by atoms with Gasteiger partial charge in [-0.15, -0.1) is 0 Å². The average Bonchev–Trinajstić information content (AvgIpc) is 2.62. The van der Waals surface area contributed by atoms with Crippen molar-refractivity contribution in [1.29, 1.82) is 0 Å². The molecule has 0 aliphatic carbocycles. The predicted molar refractivity (Wildman–Crippen MR) is 112 cm³/mol. The summed E-state index contributed by atoms with van der Waals surface area (Å²) >= 11 is 0. The minimum atomic E-state index is -3.69. The van der Waals surface area contributed by atoms with Crippen molar-refractivity contribution in [1.82, 2.24) is 4.31 Å².